The van der Waals surface area contributed by atoms with Crippen molar-refractivity contribution in [2.45, 2.75) is 20.0 Å². The van der Waals surface area contributed by atoms with Crippen LogP contribution in [0.2, 0.25) is 5.02 Å². The van der Waals surface area contributed by atoms with Crippen LogP contribution in [0.3, 0.4) is 0 Å². The van der Waals surface area contributed by atoms with E-state index < -0.39 is 17.6 Å². The van der Waals surface area contributed by atoms with E-state index in [1.54, 1.807) is 25.1 Å². The molecule has 1 aromatic carbocycles. The molecule has 0 saturated carbocycles. The Kier molecular flexibility index (Phi) is 7.27. The summed E-state index contributed by atoms with van der Waals surface area (Å²) < 4.78 is 50.4. The number of hydrogen-bond acceptors (Lipinski definition) is 5. The second kappa shape index (κ2) is 9.95. The first kappa shape index (κ1) is 24.1. The van der Waals surface area contributed by atoms with Crippen LogP contribution in [-0.2, 0) is 11.0 Å². The summed E-state index contributed by atoms with van der Waals surface area (Å²) >= 11 is 6.22. The number of benzene rings is 1. The van der Waals surface area contributed by atoms with Gasteiger partial charge in [-0.3, -0.25) is 4.79 Å². The summed E-state index contributed by atoms with van der Waals surface area (Å²) in [5.41, 5.74) is 0.265. The van der Waals surface area contributed by atoms with Gasteiger partial charge in [0.15, 0.2) is 17.3 Å². The zero-order valence-corrected chi connectivity index (χ0v) is 18.7. The third-order valence-electron chi connectivity index (χ3n) is 4.34. The third kappa shape index (κ3) is 5.83. The Balaban J connectivity index is 1.80. The first-order valence-electron chi connectivity index (χ1n) is 9.72. The van der Waals surface area contributed by atoms with Crippen LogP contribution in [0.15, 0.2) is 42.6 Å². The molecule has 3 aromatic rings. The summed E-state index contributed by atoms with van der Waals surface area (Å²) in [6.45, 7) is 3.91. The van der Waals surface area contributed by atoms with Gasteiger partial charge in [-0.05, 0) is 49.8 Å². The molecule has 0 atom stereocenters. The van der Waals surface area contributed by atoms with Gasteiger partial charge >= 0.3 is 6.18 Å². The Bertz CT molecular complexity index is 1170. The van der Waals surface area contributed by atoms with Crippen LogP contribution in [-0.4, -0.2) is 34.4 Å². The number of pyridine rings is 1. The molecule has 0 spiro atoms. The molecule has 33 heavy (non-hydrogen) atoms. The van der Waals surface area contributed by atoms with Gasteiger partial charge in [-0.25, -0.2) is 4.98 Å². The minimum Gasteiger partial charge on any atom is -0.491 e. The number of carbonyl (C=O) groups excluding carboxylic acids is 1. The summed E-state index contributed by atoms with van der Waals surface area (Å²) in [5, 5.41) is 7.16. The molecule has 7 nitrogen and oxygen atoms in total. The lowest BCUT2D eigenvalue weighted by atomic mass is 10.2. The molecule has 2 heterocycles. The van der Waals surface area contributed by atoms with Crippen molar-refractivity contribution in [2.24, 2.45) is 0 Å². The molecular weight excluding hydrogens is 461 g/mol. The Labute approximate surface area is 192 Å². The van der Waals surface area contributed by atoms with Crippen molar-refractivity contribution in [2.75, 3.05) is 19.0 Å². The lowest BCUT2D eigenvalue weighted by molar-refractivity contribution is -0.137. The number of ether oxygens (including phenoxy) is 2. The highest BCUT2D eigenvalue weighted by Crippen LogP contribution is 2.36. The molecule has 0 radical (unpaired) electrons. The van der Waals surface area contributed by atoms with Crippen molar-refractivity contribution in [3.05, 3.63) is 64.4 Å². The number of halogens is 4. The van der Waals surface area contributed by atoms with Gasteiger partial charge in [0.25, 0.3) is 0 Å². The van der Waals surface area contributed by atoms with Crippen molar-refractivity contribution < 1.29 is 27.4 Å². The largest absolute Gasteiger partial charge is 0.491 e. The van der Waals surface area contributed by atoms with Gasteiger partial charge in [-0.1, -0.05) is 11.6 Å². The number of alkyl halides is 3. The molecule has 0 fully saturated rings. The van der Waals surface area contributed by atoms with E-state index in [9.17, 15) is 18.0 Å². The summed E-state index contributed by atoms with van der Waals surface area (Å²) in [6, 6.07) is 6.94. The van der Waals surface area contributed by atoms with Crippen molar-refractivity contribution in [3.8, 4) is 17.3 Å². The summed E-state index contributed by atoms with van der Waals surface area (Å²) in [7, 11) is 1.48. The van der Waals surface area contributed by atoms with Gasteiger partial charge < -0.3 is 14.8 Å². The highest BCUT2D eigenvalue weighted by atomic mass is 35.5. The van der Waals surface area contributed by atoms with Crippen LogP contribution in [0, 0.1) is 6.92 Å². The maximum atomic E-state index is 12.8. The number of amides is 1. The summed E-state index contributed by atoms with van der Waals surface area (Å²) in [6.07, 6.45) is -0.977. The van der Waals surface area contributed by atoms with Crippen LogP contribution >= 0.6 is 11.6 Å². The van der Waals surface area contributed by atoms with Crippen molar-refractivity contribution >= 4 is 29.4 Å². The van der Waals surface area contributed by atoms with E-state index in [1.165, 1.54) is 30.0 Å². The fourth-order valence-electron chi connectivity index (χ4n) is 2.93. The van der Waals surface area contributed by atoms with Crippen LogP contribution in [0.25, 0.3) is 11.9 Å². The van der Waals surface area contributed by atoms with Gasteiger partial charge in [0.1, 0.15) is 5.82 Å². The fraction of sp³-hybridized carbons (Fsp3) is 0.227. The predicted molar refractivity (Wildman–Crippen MR) is 118 cm³/mol. The van der Waals surface area contributed by atoms with E-state index in [0.717, 1.165) is 6.07 Å². The molecular formula is C22H20ClF3N4O3. The summed E-state index contributed by atoms with van der Waals surface area (Å²) in [4.78, 5) is 16.3. The lowest BCUT2D eigenvalue weighted by Gasteiger charge is -2.11. The summed E-state index contributed by atoms with van der Waals surface area (Å²) in [5.74, 6) is 0.710. The number of anilines is 1. The minimum atomic E-state index is -4.50. The normalized spacial score (nSPS) is 11.6. The molecule has 0 aliphatic carbocycles. The van der Waals surface area contributed by atoms with Gasteiger partial charge in [0, 0.05) is 18.3 Å². The number of carbonyl (C=O) groups is 1. The number of hydrogen-bond donors (Lipinski definition) is 1. The average Bonchev–Trinajstić information content (AvgIpc) is 3.12. The monoisotopic (exact) mass is 480 g/mol. The molecule has 174 valence electrons. The molecule has 0 unspecified atom stereocenters. The first-order valence-corrected chi connectivity index (χ1v) is 10.1. The standard InChI is InChI=1S/C22H20ClF3N4O3/c1-4-33-17-11-14(10-16(23)21(17)32-3)5-8-20(31)28-19-9-13(2)29-30(19)18-7-6-15(12-27-18)22(24,25)26/h5-12H,4H2,1-3H3,(H,28,31). The SMILES string of the molecule is CCOc1cc(C=CC(=O)Nc2cc(C)nn2-c2ccc(C(F)(F)F)cn2)cc(Cl)c1OC. The number of aryl methyl sites for hydroxylation is 1. The number of rotatable bonds is 7. The van der Waals surface area contributed by atoms with Crippen LogP contribution in [0.5, 0.6) is 11.5 Å². The molecule has 11 heteroatoms. The van der Waals surface area contributed by atoms with Gasteiger partial charge in [0.2, 0.25) is 5.91 Å². The quantitative estimate of drug-likeness (QED) is 0.464. The molecule has 0 aliphatic heterocycles. The molecule has 3 rings (SSSR count). The zero-order valence-electron chi connectivity index (χ0n) is 17.9. The Morgan fingerprint density at radius 1 is 1.27 bits per heavy atom. The van der Waals surface area contributed by atoms with E-state index >= 15 is 0 Å². The third-order valence-corrected chi connectivity index (χ3v) is 4.62. The highest BCUT2D eigenvalue weighted by molar-refractivity contribution is 6.32. The second-order valence-electron chi connectivity index (χ2n) is 6.78. The minimum absolute atomic E-state index is 0.124. The topological polar surface area (TPSA) is 78.3 Å². The number of nitrogens with zero attached hydrogens (tertiary/aromatic N) is 3. The Hall–Kier alpha value is -3.53. The van der Waals surface area contributed by atoms with Crippen LogP contribution in [0.4, 0.5) is 19.0 Å². The molecule has 1 N–H and O–H groups in total. The first-order chi connectivity index (χ1) is 15.6. The van der Waals surface area contributed by atoms with Crippen molar-refractivity contribution in [1.29, 1.82) is 0 Å². The number of nitrogens with one attached hydrogen (secondary N) is 1. The Morgan fingerprint density at radius 2 is 2.03 bits per heavy atom. The van der Waals surface area contributed by atoms with E-state index in [-0.39, 0.29) is 11.6 Å². The number of aromatic nitrogens is 3. The molecule has 2 aromatic heterocycles. The van der Waals surface area contributed by atoms with E-state index in [2.05, 4.69) is 15.4 Å². The predicted octanol–water partition coefficient (Wildman–Crippen LogP) is 5.31. The van der Waals surface area contributed by atoms with Gasteiger partial charge in [-0.2, -0.15) is 23.0 Å². The fourth-order valence-corrected chi connectivity index (χ4v) is 3.22. The molecule has 0 bridgehead atoms. The average molecular weight is 481 g/mol. The molecule has 1 amide bonds. The van der Waals surface area contributed by atoms with E-state index in [4.69, 9.17) is 21.1 Å². The molecule has 0 aliphatic rings. The van der Waals surface area contributed by atoms with Crippen LogP contribution in [0.1, 0.15) is 23.7 Å². The van der Waals surface area contributed by atoms with Crippen molar-refractivity contribution in [3.63, 3.8) is 0 Å². The van der Waals surface area contributed by atoms with Gasteiger partial charge in [-0.15, -0.1) is 0 Å². The van der Waals surface area contributed by atoms with E-state index in [0.29, 0.717) is 40.6 Å². The smallest absolute Gasteiger partial charge is 0.417 e. The Morgan fingerprint density at radius 3 is 2.64 bits per heavy atom. The molecule has 0 saturated heterocycles. The maximum Gasteiger partial charge on any atom is 0.417 e. The maximum absolute atomic E-state index is 12.8. The van der Waals surface area contributed by atoms with Crippen LogP contribution < -0.4 is 14.8 Å². The van der Waals surface area contributed by atoms with Crippen molar-refractivity contribution in [1.82, 2.24) is 14.8 Å². The zero-order chi connectivity index (χ0) is 24.2. The van der Waals surface area contributed by atoms with E-state index in [1.807, 2.05) is 6.92 Å². The lowest BCUT2D eigenvalue weighted by Crippen LogP contribution is -2.13. The second-order valence-corrected chi connectivity index (χ2v) is 7.18. The highest BCUT2D eigenvalue weighted by Gasteiger charge is 2.30. The number of methoxy groups -OCH3 is 1. The van der Waals surface area contributed by atoms with Gasteiger partial charge in [0.05, 0.1) is 30.0 Å².